The second kappa shape index (κ2) is 12.3. The van der Waals surface area contributed by atoms with Crippen molar-refractivity contribution in [3.05, 3.63) is 72.4 Å². The van der Waals surface area contributed by atoms with E-state index >= 15 is 0 Å². The first kappa shape index (κ1) is 23.8. The van der Waals surface area contributed by atoms with Gasteiger partial charge in [0.25, 0.3) is 0 Å². The zero-order chi connectivity index (χ0) is 21.3. The first-order chi connectivity index (χ1) is 15.3. The van der Waals surface area contributed by atoms with Crippen molar-refractivity contribution in [1.29, 1.82) is 0 Å². The maximum absolute atomic E-state index is 5.45. The molecule has 32 heavy (non-hydrogen) atoms. The number of hydrogen-bond donors (Lipinski definition) is 1. The van der Waals surface area contributed by atoms with E-state index in [0.29, 0.717) is 6.54 Å². The topological polar surface area (TPSA) is 79.0 Å². The van der Waals surface area contributed by atoms with Gasteiger partial charge in [-0.25, -0.2) is 15.0 Å². The van der Waals surface area contributed by atoms with E-state index in [2.05, 4.69) is 25.1 Å². The van der Waals surface area contributed by atoms with Crippen LogP contribution in [0.2, 0.25) is 0 Å². The van der Waals surface area contributed by atoms with Gasteiger partial charge in [0.15, 0.2) is 5.96 Å². The number of ether oxygens (including phenoxy) is 1. The standard InChI is InChI=1S/C23H28N6O2.HI/c1-30-20-7-5-19(6-8-20)18-27-23(26-12-9-21-4-2-17-31-21)29-15-13-28(14-16-29)22-24-10-3-11-25-22;/h2-8,10-11,17H,9,12-16,18H2,1H3,(H,26,27);1H. The Morgan fingerprint density at radius 1 is 1.06 bits per heavy atom. The van der Waals surface area contributed by atoms with Crippen LogP contribution in [0, 0.1) is 0 Å². The summed E-state index contributed by atoms with van der Waals surface area (Å²) >= 11 is 0. The molecule has 0 unspecified atom stereocenters. The molecule has 0 atom stereocenters. The van der Waals surface area contributed by atoms with E-state index in [-0.39, 0.29) is 24.0 Å². The van der Waals surface area contributed by atoms with Crippen LogP contribution < -0.4 is 15.0 Å². The quantitative estimate of drug-likeness (QED) is 0.276. The van der Waals surface area contributed by atoms with Crippen LogP contribution in [0.1, 0.15) is 11.3 Å². The van der Waals surface area contributed by atoms with E-state index in [1.165, 1.54) is 0 Å². The number of nitrogens with zero attached hydrogens (tertiary/aromatic N) is 5. The third kappa shape index (κ3) is 6.59. The second-order valence-corrected chi connectivity index (χ2v) is 7.27. The van der Waals surface area contributed by atoms with Gasteiger partial charge in [-0.05, 0) is 35.9 Å². The molecule has 0 aliphatic carbocycles. The van der Waals surface area contributed by atoms with E-state index in [1.807, 2.05) is 42.5 Å². The molecule has 0 saturated carbocycles. The molecule has 9 heteroatoms. The Kier molecular flexibility index (Phi) is 9.14. The van der Waals surface area contributed by atoms with Gasteiger partial charge in [0.2, 0.25) is 5.95 Å². The number of benzene rings is 1. The SMILES string of the molecule is COc1ccc(CN=C(NCCc2ccco2)N2CCN(c3ncccn3)CC2)cc1.I. The molecule has 0 radical (unpaired) electrons. The highest BCUT2D eigenvalue weighted by molar-refractivity contribution is 14.0. The molecule has 0 spiro atoms. The van der Waals surface area contributed by atoms with Gasteiger partial charge in [0.05, 0.1) is 19.9 Å². The Hall–Kier alpha value is -2.82. The fourth-order valence-corrected chi connectivity index (χ4v) is 3.49. The number of aromatic nitrogens is 2. The molecule has 3 aromatic rings. The summed E-state index contributed by atoms with van der Waals surface area (Å²) in [6, 6.07) is 13.8. The number of aliphatic imine (C=N–C) groups is 1. The number of piperazine rings is 1. The Morgan fingerprint density at radius 3 is 2.47 bits per heavy atom. The summed E-state index contributed by atoms with van der Waals surface area (Å²) in [5, 5.41) is 3.52. The highest BCUT2D eigenvalue weighted by atomic mass is 127. The largest absolute Gasteiger partial charge is 0.497 e. The van der Waals surface area contributed by atoms with Crippen LogP contribution in [-0.4, -0.2) is 60.7 Å². The average Bonchev–Trinajstić information content (AvgIpc) is 3.36. The number of halogens is 1. The summed E-state index contributed by atoms with van der Waals surface area (Å²) < 4.78 is 10.7. The number of hydrogen-bond acceptors (Lipinski definition) is 6. The van der Waals surface area contributed by atoms with Crippen molar-refractivity contribution in [3.63, 3.8) is 0 Å². The summed E-state index contributed by atoms with van der Waals surface area (Å²) in [6.07, 6.45) is 6.09. The molecule has 2 aromatic heterocycles. The average molecular weight is 548 g/mol. The number of guanidine groups is 1. The fraction of sp³-hybridized carbons (Fsp3) is 0.348. The zero-order valence-corrected chi connectivity index (χ0v) is 20.5. The summed E-state index contributed by atoms with van der Waals surface area (Å²) in [6.45, 7) is 4.78. The van der Waals surface area contributed by atoms with Gasteiger partial charge in [-0.2, -0.15) is 0 Å². The highest BCUT2D eigenvalue weighted by Crippen LogP contribution is 2.13. The number of furan rings is 1. The summed E-state index contributed by atoms with van der Waals surface area (Å²) in [4.78, 5) is 18.1. The number of rotatable bonds is 7. The number of anilines is 1. The molecule has 3 heterocycles. The second-order valence-electron chi connectivity index (χ2n) is 7.27. The van der Waals surface area contributed by atoms with Gasteiger partial charge in [0.1, 0.15) is 11.5 Å². The third-order valence-electron chi connectivity index (χ3n) is 5.22. The lowest BCUT2D eigenvalue weighted by Crippen LogP contribution is -2.53. The van der Waals surface area contributed by atoms with E-state index in [4.69, 9.17) is 14.1 Å². The van der Waals surface area contributed by atoms with Crippen molar-refractivity contribution < 1.29 is 9.15 Å². The number of nitrogens with one attached hydrogen (secondary N) is 1. The van der Waals surface area contributed by atoms with Crippen molar-refractivity contribution in [2.24, 2.45) is 4.99 Å². The van der Waals surface area contributed by atoms with Crippen molar-refractivity contribution in [2.45, 2.75) is 13.0 Å². The van der Waals surface area contributed by atoms with Gasteiger partial charge in [0, 0.05) is 51.5 Å². The lowest BCUT2D eigenvalue weighted by molar-refractivity contribution is 0.368. The predicted octanol–water partition coefficient (Wildman–Crippen LogP) is 3.21. The van der Waals surface area contributed by atoms with Gasteiger partial charge in [-0.15, -0.1) is 24.0 Å². The molecule has 8 nitrogen and oxygen atoms in total. The molecular weight excluding hydrogens is 519 g/mol. The molecular formula is C23H29IN6O2. The molecule has 1 aliphatic rings. The predicted molar refractivity (Wildman–Crippen MR) is 136 cm³/mol. The van der Waals surface area contributed by atoms with E-state index < -0.39 is 0 Å². The molecule has 1 saturated heterocycles. The fourth-order valence-electron chi connectivity index (χ4n) is 3.49. The molecule has 1 fully saturated rings. The van der Waals surface area contributed by atoms with Crippen LogP contribution in [0.5, 0.6) is 5.75 Å². The van der Waals surface area contributed by atoms with Crippen LogP contribution in [0.4, 0.5) is 5.95 Å². The van der Waals surface area contributed by atoms with Crippen molar-refractivity contribution in [3.8, 4) is 5.75 Å². The van der Waals surface area contributed by atoms with E-state index in [9.17, 15) is 0 Å². The Morgan fingerprint density at radius 2 is 1.81 bits per heavy atom. The third-order valence-corrected chi connectivity index (χ3v) is 5.22. The number of methoxy groups -OCH3 is 1. The minimum absolute atomic E-state index is 0. The first-order valence-electron chi connectivity index (χ1n) is 10.5. The first-order valence-corrected chi connectivity index (χ1v) is 10.5. The molecule has 1 N–H and O–H groups in total. The van der Waals surface area contributed by atoms with Crippen LogP contribution >= 0.6 is 24.0 Å². The van der Waals surface area contributed by atoms with Crippen LogP contribution in [0.15, 0.2) is 70.5 Å². The summed E-state index contributed by atoms with van der Waals surface area (Å²) in [7, 11) is 1.67. The maximum atomic E-state index is 5.45. The summed E-state index contributed by atoms with van der Waals surface area (Å²) in [5.41, 5.74) is 1.14. The normalized spacial score (nSPS) is 14.1. The smallest absolute Gasteiger partial charge is 0.225 e. The maximum Gasteiger partial charge on any atom is 0.225 e. The van der Waals surface area contributed by atoms with E-state index in [0.717, 1.165) is 68.1 Å². The van der Waals surface area contributed by atoms with Crippen LogP contribution in [0.25, 0.3) is 0 Å². The molecule has 0 amide bonds. The van der Waals surface area contributed by atoms with Crippen LogP contribution in [-0.2, 0) is 13.0 Å². The van der Waals surface area contributed by atoms with Gasteiger partial charge in [-0.1, -0.05) is 12.1 Å². The Balaban J connectivity index is 0.00000289. The van der Waals surface area contributed by atoms with Gasteiger partial charge >= 0.3 is 0 Å². The zero-order valence-electron chi connectivity index (χ0n) is 18.2. The lowest BCUT2D eigenvalue weighted by atomic mass is 10.2. The Labute approximate surface area is 205 Å². The van der Waals surface area contributed by atoms with E-state index in [1.54, 1.807) is 25.8 Å². The van der Waals surface area contributed by atoms with Gasteiger partial charge in [-0.3, -0.25) is 0 Å². The summed E-state index contributed by atoms with van der Waals surface area (Å²) in [5.74, 6) is 3.51. The lowest BCUT2D eigenvalue weighted by Gasteiger charge is -2.36. The molecule has 4 rings (SSSR count). The Bertz CT molecular complexity index is 942. The van der Waals surface area contributed by atoms with Crippen molar-refractivity contribution in [1.82, 2.24) is 20.2 Å². The molecule has 1 aromatic carbocycles. The molecule has 1 aliphatic heterocycles. The van der Waals surface area contributed by atoms with Crippen molar-refractivity contribution in [2.75, 3.05) is 44.7 Å². The minimum Gasteiger partial charge on any atom is -0.497 e. The minimum atomic E-state index is 0. The highest BCUT2D eigenvalue weighted by Gasteiger charge is 2.21. The van der Waals surface area contributed by atoms with Crippen molar-refractivity contribution >= 4 is 35.9 Å². The van der Waals surface area contributed by atoms with Crippen LogP contribution in [0.3, 0.4) is 0 Å². The van der Waals surface area contributed by atoms with Gasteiger partial charge < -0.3 is 24.3 Å². The molecule has 0 bridgehead atoms. The molecule has 170 valence electrons. The monoisotopic (exact) mass is 548 g/mol.